The van der Waals surface area contributed by atoms with E-state index in [1.165, 1.54) is 32.1 Å². The van der Waals surface area contributed by atoms with E-state index in [9.17, 15) is 0 Å². The van der Waals surface area contributed by atoms with Crippen LogP contribution in [0.4, 0.5) is 0 Å². The highest BCUT2D eigenvalue weighted by Crippen LogP contribution is 3.01. The van der Waals surface area contributed by atoms with Crippen LogP contribution in [0.3, 0.4) is 0 Å². The number of rotatable bonds is 7. The average Bonchev–Trinajstić information content (AvgIpc) is 1.91. The van der Waals surface area contributed by atoms with Gasteiger partial charge in [0, 0.05) is 10.3 Å². The Morgan fingerprint density at radius 2 is 0.756 bits per heavy atom. The van der Waals surface area contributed by atoms with Gasteiger partial charge in [0.25, 0.3) is 0 Å². The standard InChI is InChI=1S/C77H46S/c1-5-7-8-13(6-2)9-15-10-14(12(3)4)11-16-75(15)78-77-73-67-61-51-39-31-23-19-17-18-21-25(23)33(39)43-37-29(21)30-22(18)26-24-20(17)28-27(19)35-41(31)49-55-45(35)46-36(28)42-32(24)40-34(26)44-38(30)48-47(37)59(53(43)61)69(73)70-60(48)54(44)62-52(40)58-50(42)56(46)64-63(55)71(65(67)57(49)51)76(16,77)72(64)66(58)68(62)74(70)77/h10-13,19,21,23,25,27,29,35,37,45-48,56,60,64,66,68,70,72,74H,5-9H2,1-4H3. The first-order chi connectivity index (χ1) is 38.6. The van der Waals surface area contributed by atoms with Gasteiger partial charge in [-0.05, 0) is 362 Å². The van der Waals surface area contributed by atoms with Crippen LogP contribution in [0, 0.1) is 17.8 Å². The van der Waals surface area contributed by atoms with Gasteiger partial charge in [-0.15, -0.1) is 11.8 Å². The van der Waals surface area contributed by atoms with Gasteiger partial charge in [-0.25, -0.2) is 0 Å². The van der Waals surface area contributed by atoms with Crippen molar-refractivity contribution in [3.8, 4) is 11.1 Å². The second kappa shape index (κ2) is 8.37. The monoisotopic (exact) mass is 1000 g/mol. The van der Waals surface area contributed by atoms with Gasteiger partial charge in [-0.1, -0.05) is 65.5 Å². The molecule has 360 valence electrons. The molecule has 1 heteroatoms. The molecule has 2 spiro atoms. The third kappa shape index (κ3) is 2.05. The van der Waals surface area contributed by atoms with Crippen molar-refractivity contribution in [2.75, 3.05) is 0 Å². The molecule has 0 nitrogen and oxygen atoms in total. The van der Waals surface area contributed by atoms with Crippen LogP contribution in [0.1, 0.15) is 294 Å². The van der Waals surface area contributed by atoms with Crippen molar-refractivity contribution in [3.63, 3.8) is 0 Å². The summed E-state index contributed by atoms with van der Waals surface area (Å²) >= 11 is 2.68. The molecular weight excluding hydrogens is 957 g/mol. The molecule has 0 saturated heterocycles. The summed E-state index contributed by atoms with van der Waals surface area (Å²) < 4.78 is 0.0400. The molecule has 1 fully saturated rings. The maximum absolute atomic E-state index is 3.06. The van der Waals surface area contributed by atoms with Crippen LogP contribution in [0.15, 0.2) is 17.0 Å². The third-order valence-electron chi connectivity index (χ3n) is 33.1. The van der Waals surface area contributed by atoms with Crippen molar-refractivity contribution in [3.05, 3.63) is 140 Å². The van der Waals surface area contributed by atoms with Gasteiger partial charge in [-0.2, -0.15) is 0 Å². The predicted octanol–water partition coefficient (Wildman–Crippen LogP) is 18.4. The lowest BCUT2D eigenvalue weighted by Gasteiger charge is -2.65. The maximum Gasteiger partial charge on any atom is 0.0645 e. The fourth-order valence-electron chi connectivity index (χ4n) is 33.7. The summed E-state index contributed by atoms with van der Waals surface area (Å²) in [5, 5.41) is 30.9. The van der Waals surface area contributed by atoms with Gasteiger partial charge < -0.3 is 0 Å². The lowest BCUT2D eigenvalue weighted by molar-refractivity contribution is 0.0341. The summed E-state index contributed by atoms with van der Waals surface area (Å²) in [7, 11) is 0. The number of hydrogen-bond donors (Lipinski definition) is 0. The molecule has 0 amide bonds. The molecule has 23 atom stereocenters. The van der Waals surface area contributed by atoms with Crippen LogP contribution in [-0.2, 0) is 16.6 Å². The van der Waals surface area contributed by atoms with E-state index in [1.54, 1.807) is 11.1 Å². The fourth-order valence-corrected chi connectivity index (χ4v) is 35.9. The molecule has 11 aromatic carbocycles. The van der Waals surface area contributed by atoms with Gasteiger partial charge in [0.05, 0.1) is 4.75 Å². The predicted molar refractivity (Wildman–Crippen MR) is 308 cm³/mol. The van der Waals surface area contributed by atoms with Crippen LogP contribution >= 0.6 is 11.8 Å². The number of benzene rings is 10. The van der Waals surface area contributed by atoms with E-state index in [0.29, 0.717) is 124 Å². The Hall–Kier alpha value is -5.37. The van der Waals surface area contributed by atoms with Gasteiger partial charge in [-0.3, -0.25) is 0 Å². The summed E-state index contributed by atoms with van der Waals surface area (Å²) in [6.07, 6.45) is 6.68. The Morgan fingerprint density at radius 1 is 0.397 bits per heavy atom. The van der Waals surface area contributed by atoms with Crippen molar-refractivity contribution in [1.29, 1.82) is 0 Å². The van der Waals surface area contributed by atoms with Crippen LogP contribution in [0.5, 0.6) is 0 Å². The molecule has 1 aliphatic heterocycles. The Balaban J connectivity index is 0.932. The van der Waals surface area contributed by atoms with Gasteiger partial charge in [0.1, 0.15) is 0 Å². The Kier molecular flexibility index (Phi) is 3.65. The quantitative estimate of drug-likeness (QED) is 0.143. The van der Waals surface area contributed by atoms with Crippen LogP contribution in [0.2, 0.25) is 0 Å². The number of fused-ring (bicyclic) bond motifs is 1. The summed E-state index contributed by atoms with van der Waals surface area (Å²) in [6.45, 7) is 10.2. The summed E-state index contributed by atoms with van der Waals surface area (Å²) in [4.78, 5) is 1.86. The van der Waals surface area contributed by atoms with Crippen molar-refractivity contribution in [1.82, 2.24) is 0 Å². The lowest BCUT2D eigenvalue weighted by Crippen LogP contribution is -2.62. The normalized spacial score (nSPS) is 44.8. The summed E-state index contributed by atoms with van der Waals surface area (Å²) in [5.74, 6) is 14.5. The zero-order valence-corrected chi connectivity index (χ0v) is 44.6. The van der Waals surface area contributed by atoms with Gasteiger partial charge in [0.15, 0.2) is 0 Å². The first kappa shape index (κ1) is 34.0. The highest BCUT2D eigenvalue weighted by atomic mass is 32.2. The van der Waals surface area contributed by atoms with Crippen molar-refractivity contribution < 1.29 is 0 Å². The molecule has 23 aliphatic rings. The smallest absolute Gasteiger partial charge is 0.0645 e. The van der Waals surface area contributed by atoms with E-state index in [4.69, 9.17) is 0 Å². The van der Waals surface area contributed by atoms with Crippen LogP contribution < -0.4 is 0 Å². The second-order valence-electron chi connectivity index (χ2n) is 32.9. The third-order valence-corrected chi connectivity index (χ3v) is 34.9. The molecule has 34 rings (SSSR count). The first-order valence-corrected chi connectivity index (χ1v) is 33.5. The summed E-state index contributed by atoms with van der Waals surface area (Å²) in [5.41, 5.74) is 50.3. The molecule has 11 aromatic rings. The molecule has 23 unspecified atom stereocenters. The lowest BCUT2D eigenvalue weighted by atomic mass is 9.39. The number of unbranched alkanes of at least 4 members (excludes halogenated alkanes) is 1. The van der Waals surface area contributed by atoms with E-state index in [-0.39, 0.29) is 10.2 Å². The highest BCUT2D eigenvalue weighted by Gasteiger charge is 2.89. The minimum atomic E-state index is 0.00528. The van der Waals surface area contributed by atoms with Crippen LogP contribution in [0.25, 0.3) is 97.3 Å². The van der Waals surface area contributed by atoms with E-state index in [0.717, 1.165) is 5.92 Å². The number of hydrogen-bond acceptors (Lipinski definition) is 1. The van der Waals surface area contributed by atoms with E-state index in [2.05, 4.69) is 96.1 Å². The fraction of sp³-hybridized carbons (Fsp3) is 0.429. The SMILES string of the molecule is CCCCC(CC)Cc1cc(C(C)C)cc2c1SC13c4c5c6c7c8c9c%10c%11c%12c%13c%14c%15c(c%16c%13c%10c7c4-%16)C21C1C%15C2c4c7c%10c%13c%15c%16c%17c%18c%19c%20c%21c%22c%23c(c4c4c%22c%19c%16c%104)C2C%14C%12C%23C%21C%11C9C%20C%18C8C6C%17C%15C5C3C%13C71. The zero-order valence-electron chi connectivity index (χ0n) is 43.8. The molecular formula is C77H46S. The molecule has 78 heavy (non-hydrogen) atoms. The van der Waals surface area contributed by atoms with Gasteiger partial charge >= 0.3 is 0 Å². The molecule has 0 radical (unpaired) electrons. The minimum absolute atomic E-state index is 0.00528. The van der Waals surface area contributed by atoms with E-state index >= 15 is 0 Å². The molecule has 0 N–H and O–H groups in total. The molecule has 1 heterocycles. The minimum Gasteiger partial charge on any atom is -0.112 e. The average molecular weight is 1000 g/mol. The largest absolute Gasteiger partial charge is 0.112 e. The molecule has 1 saturated carbocycles. The molecule has 0 aromatic heterocycles. The molecule has 22 aliphatic carbocycles. The highest BCUT2D eigenvalue weighted by molar-refractivity contribution is 8.00. The topological polar surface area (TPSA) is 0 Å². The van der Waals surface area contributed by atoms with Gasteiger partial charge in [0.2, 0.25) is 0 Å². The summed E-state index contributed by atoms with van der Waals surface area (Å²) in [6, 6.07) is 5.93. The van der Waals surface area contributed by atoms with E-state index < -0.39 is 0 Å². The van der Waals surface area contributed by atoms with Crippen LogP contribution in [-0.4, -0.2) is 0 Å². The second-order valence-corrected chi connectivity index (χ2v) is 34.2. The zero-order chi connectivity index (χ0) is 47.6. The Labute approximate surface area is 451 Å². The van der Waals surface area contributed by atoms with Crippen molar-refractivity contribution in [2.45, 2.75) is 187 Å². The maximum atomic E-state index is 3.06. The number of thioether (sulfide) groups is 1. The Bertz CT molecular complexity index is 5700. The first-order valence-electron chi connectivity index (χ1n) is 32.7. The van der Waals surface area contributed by atoms with Crippen molar-refractivity contribution >= 4 is 97.9 Å². The Morgan fingerprint density at radius 3 is 1.21 bits per heavy atom. The van der Waals surface area contributed by atoms with Crippen molar-refractivity contribution in [2.24, 2.45) is 17.8 Å². The molecule has 0 bridgehead atoms. The van der Waals surface area contributed by atoms with E-state index in [1.807, 2.05) is 175 Å².